The van der Waals surface area contributed by atoms with E-state index in [-0.39, 0.29) is 5.91 Å². The van der Waals surface area contributed by atoms with Gasteiger partial charge in [0.05, 0.1) is 29.3 Å². The van der Waals surface area contributed by atoms with Gasteiger partial charge < -0.3 is 14.8 Å². The lowest BCUT2D eigenvalue weighted by Crippen LogP contribution is -2.19. The number of carbonyl (C=O) groups is 1. The number of halogens is 1. The molecule has 5 nitrogen and oxygen atoms in total. The monoisotopic (exact) mass is 416 g/mol. The Morgan fingerprint density at radius 1 is 1.25 bits per heavy atom. The van der Waals surface area contributed by atoms with Crippen LogP contribution in [0, 0.1) is 13.8 Å². The van der Waals surface area contributed by atoms with Crippen molar-refractivity contribution in [2.45, 2.75) is 20.8 Å². The SMILES string of the molecule is CCOc1cc(/C=C2/SC(=Nc3c(C)cccc3C)NC2=O)cc(Cl)c1OC. The first-order valence-electron chi connectivity index (χ1n) is 8.79. The number of hydrogen-bond acceptors (Lipinski definition) is 5. The van der Waals surface area contributed by atoms with E-state index in [9.17, 15) is 4.79 Å². The maximum atomic E-state index is 12.4. The van der Waals surface area contributed by atoms with Crippen molar-refractivity contribution in [3.8, 4) is 11.5 Å². The summed E-state index contributed by atoms with van der Waals surface area (Å²) in [5.74, 6) is 0.823. The minimum atomic E-state index is -0.195. The summed E-state index contributed by atoms with van der Waals surface area (Å²) in [7, 11) is 1.54. The summed E-state index contributed by atoms with van der Waals surface area (Å²) in [6, 6.07) is 9.53. The van der Waals surface area contributed by atoms with E-state index in [1.54, 1.807) is 25.3 Å². The van der Waals surface area contributed by atoms with Crippen LogP contribution in [0.3, 0.4) is 0 Å². The van der Waals surface area contributed by atoms with Crippen LogP contribution in [0.5, 0.6) is 11.5 Å². The maximum absolute atomic E-state index is 12.4. The second kappa shape index (κ2) is 8.71. The molecule has 1 aliphatic heterocycles. The van der Waals surface area contributed by atoms with Gasteiger partial charge in [-0.1, -0.05) is 29.8 Å². The van der Waals surface area contributed by atoms with Crippen molar-refractivity contribution < 1.29 is 14.3 Å². The van der Waals surface area contributed by atoms with Gasteiger partial charge in [-0.3, -0.25) is 4.79 Å². The molecule has 1 saturated heterocycles. The van der Waals surface area contributed by atoms with Crippen molar-refractivity contribution in [2.24, 2.45) is 4.99 Å². The second-order valence-corrected chi connectivity index (χ2v) is 7.63. The number of nitrogens with one attached hydrogen (secondary N) is 1. The maximum Gasteiger partial charge on any atom is 0.264 e. The van der Waals surface area contributed by atoms with Gasteiger partial charge in [0.25, 0.3) is 5.91 Å². The second-order valence-electron chi connectivity index (χ2n) is 6.19. The number of benzene rings is 2. The fourth-order valence-corrected chi connectivity index (χ4v) is 3.97. The van der Waals surface area contributed by atoms with Crippen LogP contribution in [0.4, 0.5) is 5.69 Å². The van der Waals surface area contributed by atoms with Gasteiger partial charge in [-0.25, -0.2) is 4.99 Å². The van der Waals surface area contributed by atoms with E-state index in [0.29, 0.717) is 33.2 Å². The van der Waals surface area contributed by atoms with E-state index in [0.717, 1.165) is 22.4 Å². The number of hydrogen-bond donors (Lipinski definition) is 1. The van der Waals surface area contributed by atoms with Gasteiger partial charge in [0.1, 0.15) is 0 Å². The van der Waals surface area contributed by atoms with Crippen molar-refractivity contribution in [3.05, 3.63) is 56.9 Å². The number of ether oxygens (including phenoxy) is 2. The number of amidine groups is 1. The Balaban J connectivity index is 1.92. The Kier molecular flexibility index (Phi) is 6.31. The number of methoxy groups -OCH3 is 1. The Hall–Kier alpha value is -2.44. The Bertz CT molecular complexity index is 966. The predicted molar refractivity (Wildman–Crippen MR) is 116 cm³/mol. The zero-order valence-electron chi connectivity index (χ0n) is 16.1. The number of para-hydroxylation sites is 1. The van der Waals surface area contributed by atoms with Crippen LogP contribution in [0.1, 0.15) is 23.6 Å². The zero-order chi connectivity index (χ0) is 20.3. The number of carbonyl (C=O) groups excluding carboxylic acids is 1. The number of nitrogens with zero attached hydrogens (tertiary/aromatic N) is 1. The van der Waals surface area contributed by atoms with E-state index in [1.807, 2.05) is 39.0 Å². The number of thioether (sulfide) groups is 1. The summed E-state index contributed by atoms with van der Waals surface area (Å²) in [6.45, 7) is 6.36. The molecule has 1 amide bonds. The molecule has 0 saturated carbocycles. The minimum absolute atomic E-state index is 0.195. The van der Waals surface area contributed by atoms with Gasteiger partial charge >= 0.3 is 0 Å². The van der Waals surface area contributed by atoms with Crippen LogP contribution in [-0.4, -0.2) is 24.8 Å². The van der Waals surface area contributed by atoms with E-state index in [4.69, 9.17) is 21.1 Å². The highest BCUT2D eigenvalue weighted by atomic mass is 35.5. The molecular formula is C21H21ClN2O3S. The van der Waals surface area contributed by atoms with E-state index < -0.39 is 0 Å². The average Bonchev–Trinajstić information content (AvgIpc) is 2.98. The molecule has 3 rings (SSSR count). The number of aryl methyl sites for hydroxylation is 2. The van der Waals surface area contributed by atoms with Crippen LogP contribution in [0.2, 0.25) is 5.02 Å². The molecule has 0 atom stereocenters. The molecule has 1 aliphatic rings. The first-order valence-corrected chi connectivity index (χ1v) is 9.98. The fourth-order valence-electron chi connectivity index (χ4n) is 2.85. The lowest BCUT2D eigenvalue weighted by atomic mass is 10.1. The van der Waals surface area contributed by atoms with Crippen molar-refractivity contribution in [1.29, 1.82) is 0 Å². The Morgan fingerprint density at radius 3 is 2.61 bits per heavy atom. The van der Waals surface area contributed by atoms with E-state index >= 15 is 0 Å². The molecule has 2 aromatic rings. The summed E-state index contributed by atoms with van der Waals surface area (Å²) in [5, 5.41) is 3.80. The number of rotatable bonds is 5. The fraction of sp³-hybridized carbons (Fsp3) is 0.238. The zero-order valence-corrected chi connectivity index (χ0v) is 17.7. The summed E-state index contributed by atoms with van der Waals surface area (Å²) >= 11 is 7.59. The van der Waals surface area contributed by atoms with E-state index in [2.05, 4.69) is 10.3 Å². The minimum Gasteiger partial charge on any atom is -0.491 e. The van der Waals surface area contributed by atoms with Crippen molar-refractivity contribution in [2.75, 3.05) is 13.7 Å². The lowest BCUT2D eigenvalue weighted by molar-refractivity contribution is -0.115. The normalized spacial score (nSPS) is 16.5. The quantitative estimate of drug-likeness (QED) is 0.675. The third-order valence-corrected chi connectivity index (χ3v) is 5.33. The number of amides is 1. The summed E-state index contributed by atoms with van der Waals surface area (Å²) in [6.07, 6.45) is 1.76. The predicted octanol–water partition coefficient (Wildman–Crippen LogP) is 5.26. The smallest absolute Gasteiger partial charge is 0.264 e. The van der Waals surface area contributed by atoms with Crippen LogP contribution in [0.25, 0.3) is 6.08 Å². The Morgan fingerprint density at radius 2 is 1.96 bits per heavy atom. The lowest BCUT2D eigenvalue weighted by Gasteiger charge is -2.11. The molecular weight excluding hydrogens is 396 g/mol. The summed E-state index contributed by atoms with van der Waals surface area (Å²) < 4.78 is 10.9. The third-order valence-electron chi connectivity index (χ3n) is 4.14. The van der Waals surface area contributed by atoms with Gasteiger partial charge in [-0.15, -0.1) is 0 Å². The molecule has 1 N–H and O–H groups in total. The molecule has 1 fully saturated rings. The molecule has 146 valence electrons. The van der Waals surface area contributed by atoms with Crippen LogP contribution >= 0.6 is 23.4 Å². The first-order chi connectivity index (χ1) is 13.4. The highest BCUT2D eigenvalue weighted by Crippen LogP contribution is 2.38. The largest absolute Gasteiger partial charge is 0.491 e. The molecule has 7 heteroatoms. The van der Waals surface area contributed by atoms with Crippen LogP contribution in [-0.2, 0) is 4.79 Å². The molecule has 0 aliphatic carbocycles. The molecule has 0 aromatic heterocycles. The average molecular weight is 417 g/mol. The standard InChI is InChI=1S/C21H21ClN2O3S/c1-5-27-16-10-14(9-15(22)19(16)26-4)11-17-20(25)24-21(28-17)23-18-12(2)7-6-8-13(18)3/h6-11H,5H2,1-4H3,(H,23,24,25)/b17-11+. The summed E-state index contributed by atoms with van der Waals surface area (Å²) in [5.41, 5.74) is 3.74. The highest BCUT2D eigenvalue weighted by Gasteiger charge is 2.24. The van der Waals surface area contributed by atoms with Gasteiger partial charge in [0.2, 0.25) is 0 Å². The molecule has 0 radical (unpaired) electrons. The van der Waals surface area contributed by atoms with Crippen molar-refractivity contribution in [3.63, 3.8) is 0 Å². The highest BCUT2D eigenvalue weighted by molar-refractivity contribution is 8.18. The van der Waals surface area contributed by atoms with E-state index in [1.165, 1.54) is 11.8 Å². The van der Waals surface area contributed by atoms with Gasteiger partial charge in [-0.2, -0.15) is 0 Å². The molecule has 2 aromatic carbocycles. The topological polar surface area (TPSA) is 59.9 Å². The van der Waals surface area contributed by atoms with Crippen LogP contribution < -0.4 is 14.8 Å². The van der Waals surface area contributed by atoms with Crippen molar-refractivity contribution >= 4 is 46.2 Å². The molecule has 0 spiro atoms. The molecule has 28 heavy (non-hydrogen) atoms. The van der Waals surface area contributed by atoms with Gasteiger partial charge in [0.15, 0.2) is 16.7 Å². The molecule has 1 heterocycles. The molecule has 0 bridgehead atoms. The first kappa shape index (κ1) is 20.3. The van der Waals surface area contributed by atoms with Crippen LogP contribution in [0.15, 0.2) is 40.2 Å². The number of aliphatic imine (C=N–C) groups is 1. The van der Waals surface area contributed by atoms with Crippen molar-refractivity contribution in [1.82, 2.24) is 5.32 Å². The van der Waals surface area contributed by atoms with Gasteiger partial charge in [-0.05, 0) is 67.4 Å². The molecule has 0 unspecified atom stereocenters. The summed E-state index contributed by atoms with van der Waals surface area (Å²) in [4.78, 5) is 17.6. The Labute approximate surface area is 173 Å². The van der Waals surface area contributed by atoms with Gasteiger partial charge in [0, 0.05) is 0 Å². The third kappa shape index (κ3) is 4.34.